The minimum Gasteiger partial charge on any atom is -0.496 e. The summed E-state index contributed by atoms with van der Waals surface area (Å²) in [4.78, 5) is 10.9. The van der Waals surface area contributed by atoms with Gasteiger partial charge in [-0.25, -0.2) is 4.98 Å². The van der Waals surface area contributed by atoms with Gasteiger partial charge in [-0.3, -0.25) is 9.19 Å². The minimum absolute atomic E-state index is 0.0135. The van der Waals surface area contributed by atoms with Crippen LogP contribution in [0.4, 0.5) is 0 Å². The number of pyridine rings is 1. The Morgan fingerprint density at radius 2 is 2.19 bits per heavy atom. The third kappa shape index (κ3) is 3.01. The number of nitrogens with one attached hydrogen (secondary N) is 1. The minimum atomic E-state index is -2.43. The molecule has 7 heteroatoms. The van der Waals surface area contributed by atoms with Crippen LogP contribution in [0, 0.1) is 6.92 Å². The Morgan fingerprint density at radius 1 is 1.38 bits per heavy atom. The van der Waals surface area contributed by atoms with Gasteiger partial charge < -0.3 is 14.3 Å². The molecule has 1 unspecified atom stereocenters. The van der Waals surface area contributed by atoms with Crippen LogP contribution < -0.4 is 4.74 Å². The zero-order valence-electron chi connectivity index (χ0n) is 19.0. The molecule has 0 radical (unpaired) electrons. The third-order valence-electron chi connectivity index (χ3n) is 3.83. The predicted molar refractivity (Wildman–Crippen MR) is 101 cm³/mol. The van der Waals surface area contributed by atoms with E-state index in [4.69, 9.17) is 11.6 Å². The summed E-state index contributed by atoms with van der Waals surface area (Å²) in [6.07, 6.45) is 4.68. The van der Waals surface area contributed by atoms with Crippen molar-refractivity contribution in [3.05, 3.63) is 66.2 Å². The molecule has 6 nitrogen and oxygen atoms in total. The van der Waals surface area contributed by atoms with Crippen LogP contribution in [0.3, 0.4) is 0 Å². The molecule has 1 N–H and O–H groups in total. The van der Waals surface area contributed by atoms with Crippen molar-refractivity contribution >= 4 is 21.8 Å². The van der Waals surface area contributed by atoms with Gasteiger partial charge in [-0.2, -0.15) is 0 Å². The van der Waals surface area contributed by atoms with Crippen LogP contribution >= 0.6 is 0 Å². The molecule has 0 amide bonds. The Kier molecular flexibility index (Phi) is 3.03. The van der Waals surface area contributed by atoms with Crippen molar-refractivity contribution in [2.24, 2.45) is 0 Å². The molecule has 0 aliphatic rings. The quantitative estimate of drug-likeness (QED) is 0.584. The Hall–Kier alpha value is -2.93. The molecule has 0 fully saturated rings. The number of nitrogens with zero attached hydrogens (tertiary/aromatic N) is 3. The number of benzene rings is 1. The fourth-order valence-electron chi connectivity index (χ4n) is 2.48. The molecule has 0 bridgehead atoms. The molecule has 3 aromatic heterocycles. The van der Waals surface area contributed by atoms with Crippen molar-refractivity contribution in [3.8, 4) is 11.4 Å². The summed E-state index contributed by atoms with van der Waals surface area (Å²) >= 11 is 0. The summed E-state index contributed by atoms with van der Waals surface area (Å²) < 4.78 is 61.9. The first-order valence-electron chi connectivity index (χ1n) is 10.2. The van der Waals surface area contributed by atoms with Crippen LogP contribution in [-0.2, 0) is 16.5 Å². The first kappa shape index (κ1) is 11.6. The number of hydrogen-bond donors (Lipinski definition) is 1. The van der Waals surface area contributed by atoms with Crippen LogP contribution in [0.1, 0.15) is 18.1 Å². The van der Waals surface area contributed by atoms with Crippen molar-refractivity contribution < 1.29 is 15.8 Å². The number of H-pyrrole nitrogens is 1. The van der Waals surface area contributed by atoms with E-state index in [1.165, 1.54) is 13.3 Å². The molecule has 132 valence electrons. The number of imidazole rings is 1. The highest BCUT2D eigenvalue weighted by Crippen LogP contribution is 2.22. The van der Waals surface area contributed by atoms with Crippen LogP contribution in [0.2, 0.25) is 0 Å². The van der Waals surface area contributed by atoms with Crippen molar-refractivity contribution in [1.29, 1.82) is 0 Å². The lowest BCUT2D eigenvalue weighted by Crippen LogP contribution is -2.03. The molecule has 0 aliphatic carbocycles. The fourth-order valence-corrected chi connectivity index (χ4v) is 3.33. The van der Waals surface area contributed by atoms with Crippen molar-refractivity contribution in [2.45, 2.75) is 17.8 Å². The molecule has 4 aromatic rings. The Bertz CT molecular complexity index is 1320. The maximum atomic E-state index is 13.2. The van der Waals surface area contributed by atoms with Crippen LogP contribution in [0.25, 0.3) is 16.7 Å². The zero-order chi connectivity index (χ0) is 22.5. The Labute approximate surface area is 160 Å². The van der Waals surface area contributed by atoms with Gasteiger partial charge in [0.1, 0.15) is 5.75 Å². The number of ether oxygens (including phenoxy) is 1. The molecule has 3 heterocycles. The lowest BCUT2D eigenvalue weighted by atomic mass is 10.2. The normalized spacial score (nSPS) is 15.7. The highest BCUT2D eigenvalue weighted by atomic mass is 32.2. The van der Waals surface area contributed by atoms with Gasteiger partial charge in [-0.1, -0.05) is 0 Å². The van der Waals surface area contributed by atoms with E-state index in [-0.39, 0.29) is 45.7 Å². The van der Waals surface area contributed by atoms with Gasteiger partial charge in [0.15, 0.2) is 5.16 Å². The van der Waals surface area contributed by atoms with E-state index < -0.39 is 16.5 Å². The summed E-state index contributed by atoms with van der Waals surface area (Å²) in [6, 6.07) is 4.50. The molecule has 1 aromatic carbocycles. The van der Waals surface area contributed by atoms with E-state index in [0.29, 0.717) is 11.3 Å². The van der Waals surface area contributed by atoms with Crippen LogP contribution in [0.15, 0.2) is 60.1 Å². The summed E-state index contributed by atoms with van der Waals surface area (Å²) in [5, 5.41) is -0.241. The molecular weight excluding hydrogens is 348 g/mol. The van der Waals surface area contributed by atoms with Gasteiger partial charge in [0, 0.05) is 32.6 Å². The van der Waals surface area contributed by atoms with Gasteiger partial charge in [-0.15, -0.1) is 0 Å². The van der Waals surface area contributed by atoms with E-state index >= 15 is 0 Å². The molecule has 4 rings (SSSR count). The second-order valence-corrected chi connectivity index (χ2v) is 6.57. The van der Waals surface area contributed by atoms with Gasteiger partial charge in [0.2, 0.25) is 0 Å². The summed E-state index contributed by atoms with van der Waals surface area (Å²) in [6.45, 7) is 1.62. The Morgan fingerprint density at radius 3 is 2.96 bits per heavy atom. The average molecular weight is 371 g/mol. The zero-order valence-corrected chi connectivity index (χ0v) is 14.8. The molecule has 0 spiro atoms. The van der Waals surface area contributed by atoms with Gasteiger partial charge >= 0.3 is 0 Å². The van der Waals surface area contributed by atoms with E-state index in [2.05, 4.69) is 15.0 Å². The predicted octanol–water partition coefficient (Wildman–Crippen LogP) is 3.37. The first-order chi connectivity index (χ1) is 14.7. The fraction of sp³-hybridized carbons (Fsp3) is 0.158. The number of fused-ring (bicyclic) bond motifs is 1. The number of rotatable bonds is 5. The maximum Gasteiger partial charge on any atom is 0.197 e. The van der Waals surface area contributed by atoms with E-state index in [1.807, 2.05) is 0 Å². The average Bonchev–Trinajstić information content (AvgIpc) is 3.42. The van der Waals surface area contributed by atoms with Gasteiger partial charge in [0.25, 0.3) is 0 Å². The smallest absolute Gasteiger partial charge is 0.197 e. The molecular formula is C19H18N4O2S. The topological polar surface area (TPSA) is 72.8 Å². The highest BCUT2D eigenvalue weighted by Gasteiger charge is 2.15. The van der Waals surface area contributed by atoms with Crippen molar-refractivity contribution in [3.63, 3.8) is 0 Å². The third-order valence-corrected chi connectivity index (χ3v) is 4.75. The van der Waals surface area contributed by atoms with Crippen molar-refractivity contribution in [2.75, 3.05) is 7.11 Å². The molecule has 0 saturated heterocycles. The number of methoxy groups -OCH3 is 1. The second-order valence-electron chi connectivity index (χ2n) is 5.44. The lowest BCUT2D eigenvalue weighted by Gasteiger charge is -2.08. The second kappa shape index (κ2) is 6.76. The Balaban J connectivity index is 1.87. The standard InChI is InChI=1S/C19H18N4O2S/c1-13-17(20-8-7-18(13)25-2)12-26(24)19-21-15-6-5-14(11-16(15)22-19)23-9-3-4-10-23/h3-11H,12H2,1-2H3,(H,21,22)/i5D,6D,11D,12D2. The number of aromatic nitrogens is 4. The van der Waals surface area contributed by atoms with Gasteiger partial charge in [-0.05, 0) is 43.3 Å². The summed E-state index contributed by atoms with van der Waals surface area (Å²) in [5.74, 6) is 0.410. The molecule has 26 heavy (non-hydrogen) atoms. The monoisotopic (exact) mass is 371 g/mol. The maximum absolute atomic E-state index is 13.2. The van der Waals surface area contributed by atoms with Gasteiger partial charge in [0.05, 0.1) is 44.5 Å². The molecule has 1 atom stereocenters. The summed E-state index contributed by atoms with van der Waals surface area (Å²) in [5.41, 5.74) is -1.80. The molecule has 0 aliphatic heterocycles. The van der Waals surface area contributed by atoms with Crippen LogP contribution in [-0.4, -0.2) is 30.8 Å². The van der Waals surface area contributed by atoms with Crippen molar-refractivity contribution in [1.82, 2.24) is 19.5 Å². The number of hydrogen-bond acceptors (Lipinski definition) is 4. The molecule has 0 saturated carbocycles. The van der Waals surface area contributed by atoms with Crippen LogP contribution in [0.5, 0.6) is 5.75 Å². The van der Waals surface area contributed by atoms with E-state index in [0.717, 1.165) is 0 Å². The van der Waals surface area contributed by atoms with E-state index in [1.54, 1.807) is 42.1 Å². The highest BCUT2D eigenvalue weighted by molar-refractivity contribution is 7.84. The SMILES string of the molecule is [2H]c1c(-n2cccc2)c([2H])c2[nH]c(S(=O)C([2H])([2H])c3nccc(OC)c3C)nc2c1[2H]. The first-order valence-corrected chi connectivity index (χ1v) is 8.88. The largest absolute Gasteiger partial charge is 0.496 e. The summed E-state index contributed by atoms with van der Waals surface area (Å²) in [7, 11) is -0.902. The van der Waals surface area contributed by atoms with E-state index in [9.17, 15) is 4.21 Å². The number of aromatic amines is 1. The lowest BCUT2D eigenvalue weighted by molar-refractivity contribution is 0.410.